The van der Waals surface area contributed by atoms with Gasteiger partial charge < -0.3 is 15.7 Å². The van der Waals surface area contributed by atoms with Gasteiger partial charge in [-0.3, -0.25) is 9.59 Å². The maximum absolute atomic E-state index is 14.1. The number of amides is 2. The summed E-state index contributed by atoms with van der Waals surface area (Å²) in [6.45, 7) is 0. The van der Waals surface area contributed by atoms with Crippen molar-refractivity contribution in [3.05, 3.63) is 105 Å². The van der Waals surface area contributed by atoms with Crippen molar-refractivity contribution in [2.45, 2.75) is 23.8 Å². The van der Waals surface area contributed by atoms with Crippen LogP contribution in [0, 0.1) is 0 Å². The molecule has 1 spiro atoms. The first-order chi connectivity index (χ1) is 17.4. The van der Waals surface area contributed by atoms with E-state index >= 15 is 0 Å². The van der Waals surface area contributed by atoms with Gasteiger partial charge in [0.25, 0.3) is 0 Å². The van der Waals surface area contributed by atoms with Crippen molar-refractivity contribution in [1.82, 2.24) is 5.32 Å². The van der Waals surface area contributed by atoms with E-state index in [1.54, 1.807) is 41.7 Å². The van der Waals surface area contributed by atoms with Gasteiger partial charge in [-0.05, 0) is 70.6 Å². The third-order valence-corrected chi connectivity index (χ3v) is 8.54. The van der Waals surface area contributed by atoms with E-state index in [4.69, 9.17) is 23.2 Å². The van der Waals surface area contributed by atoms with Crippen LogP contribution in [0.1, 0.15) is 35.1 Å². The number of piperidine rings is 1. The van der Waals surface area contributed by atoms with Crippen molar-refractivity contribution < 1.29 is 14.7 Å². The van der Waals surface area contributed by atoms with Gasteiger partial charge in [0.2, 0.25) is 11.8 Å². The van der Waals surface area contributed by atoms with Crippen molar-refractivity contribution in [3.8, 4) is 16.2 Å². The predicted octanol–water partition coefficient (Wildman–Crippen LogP) is 6.66. The van der Waals surface area contributed by atoms with Gasteiger partial charge in [0.1, 0.15) is 11.2 Å². The molecule has 1 aromatic heterocycles. The molecule has 36 heavy (non-hydrogen) atoms. The largest absolute Gasteiger partial charge is 0.508 e. The second-order valence-corrected chi connectivity index (χ2v) is 10.9. The maximum Gasteiger partial charge on any atom is 0.238 e. The Morgan fingerprint density at radius 1 is 0.944 bits per heavy atom. The number of hydrogen-bond acceptors (Lipinski definition) is 4. The van der Waals surface area contributed by atoms with E-state index in [-0.39, 0.29) is 24.0 Å². The molecule has 4 aromatic rings. The Kier molecular flexibility index (Phi) is 5.56. The fraction of sp³-hybridized carbons (Fsp3) is 0.143. The van der Waals surface area contributed by atoms with Gasteiger partial charge >= 0.3 is 0 Å². The number of fused-ring (bicyclic) bond motifs is 2. The third-order valence-electron chi connectivity index (χ3n) is 7.15. The molecule has 8 heteroatoms. The van der Waals surface area contributed by atoms with Crippen LogP contribution in [0.3, 0.4) is 0 Å². The SMILES string of the molecule is O=C1CC(c2cccc(Cl)c2)C2(C(=O)Nc3cc(Cl)ccc32)C(c2cc(-c3cccs3)ccc2O)N1. The summed E-state index contributed by atoms with van der Waals surface area (Å²) in [5.74, 6) is -1.02. The fourth-order valence-corrected chi connectivity index (χ4v) is 6.75. The molecule has 3 atom stereocenters. The summed E-state index contributed by atoms with van der Waals surface area (Å²) < 4.78 is 0. The molecular formula is C28H20Cl2N2O3S. The summed E-state index contributed by atoms with van der Waals surface area (Å²) in [5, 5.41) is 20.1. The number of hydrogen-bond donors (Lipinski definition) is 3. The summed E-state index contributed by atoms with van der Waals surface area (Å²) in [6, 6.07) is 21.0. The van der Waals surface area contributed by atoms with Gasteiger partial charge in [0.05, 0.1) is 6.04 Å². The molecule has 0 saturated carbocycles. The van der Waals surface area contributed by atoms with Crippen LogP contribution in [0.25, 0.3) is 10.4 Å². The number of thiophene rings is 1. The number of phenols is 1. The summed E-state index contributed by atoms with van der Waals surface area (Å²) in [4.78, 5) is 28.3. The van der Waals surface area contributed by atoms with Crippen molar-refractivity contribution in [2.75, 3.05) is 5.32 Å². The molecule has 0 radical (unpaired) electrons. The highest BCUT2D eigenvalue weighted by atomic mass is 35.5. The second-order valence-electron chi connectivity index (χ2n) is 9.08. The molecule has 2 aliphatic heterocycles. The molecule has 3 unspecified atom stereocenters. The molecule has 0 bridgehead atoms. The minimum absolute atomic E-state index is 0.00180. The number of benzene rings is 3. The number of aromatic hydroxyl groups is 1. The lowest BCUT2D eigenvalue weighted by molar-refractivity contribution is -0.131. The quantitative estimate of drug-likeness (QED) is 0.275. The van der Waals surface area contributed by atoms with E-state index in [2.05, 4.69) is 10.6 Å². The van der Waals surface area contributed by atoms with E-state index < -0.39 is 17.4 Å². The summed E-state index contributed by atoms with van der Waals surface area (Å²) in [7, 11) is 0. The summed E-state index contributed by atoms with van der Waals surface area (Å²) in [6.07, 6.45) is 0.0811. The van der Waals surface area contributed by atoms with Crippen molar-refractivity contribution in [3.63, 3.8) is 0 Å². The van der Waals surface area contributed by atoms with Crippen LogP contribution in [-0.4, -0.2) is 16.9 Å². The Balaban J connectivity index is 1.63. The van der Waals surface area contributed by atoms with E-state index in [0.29, 0.717) is 26.9 Å². The van der Waals surface area contributed by atoms with Crippen LogP contribution in [0.2, 0.25) is 10.0 Å². The lowest BCUT2D eigenvalue weighted by Crippen LogP contribution is -2.56. The van der Waals surface area contributed by atoms with E-state index in [1.165, 1.54) is 0 Å². The van der Waals surface area contributed by atoms with Crippen LogP contribution in [0.5, 0.6) is 5.75 Å². The number of carbonyl (C=O) groups is 2. The lowest BCUT2D eigenvalue weighted by Gasteiger charge is -2.46. The van der Waals surface area contributed by atoms with Gasteiger partial charge in [0.15, 0.2) is 0 Å². The monoisotopic (exact) mass is 534 g/mol. The number of nitrogens with one attached hydrogen (secondary N) is 2. The first-order valence-corrected chi connectivity index (χ1v) is 13.0. The minimum atomic E-state index is -1.25. The standard InChI is InChI=1S/C28H20Cl2N2O3S/c29-17-4-1-3-15(11-17)21-14-25(34)32-26(19-12-16(6-9-23(19)33)24-5-2-10-36-24)28(21)20-8-7-18(30)13-22(20)31-27(28)35/h1-13,21,26,33H,14H2,(H,31,35)(H,32,34). The van der Waals surface area contributed by atoms with Crippen molar-refractivity contribution in [2.24, 2.45) is 0 Å². The lowest BCUT2D eigenvalue weighted by atomic mass is 9.59. The summed E-state index contributed by atoms with van der Waals surface area (Å²) >= 11 is 14.2. The first kappa shape index (κ1) is 23.1. The molecule has 3 N–H and O–H groups in total. The van der Waals surface area contributed by atoms with Gasteiger partial charge in [0, 0.05) is 38.5 Å². The average molecular weight is 535 g/mol. The molecule has 5 nitrogen and oxygen atoms in total. The molecule has 3 heterocycles. The van der Waals surface area contributed by atoms with Crippen LogP contribution in [0.15, 0.2) is 78.2 Å². The highest BCUT2D eigenvalue weighted by molar-refractivity contribution is 7.13. The molecule has 2 amide bonds. The van der Waals surface area contributed by atoms with Crippen LogP contribution in [-0.2, 0) is 15.0 Å². The first-order valence-electron chi connectivity index (χ1n) is 11.4. The van der Waals surface area contributed by atoms with E-state index in [0.717, 1.165) is 16.0 Å². The smallest absolute Gasteiger partial charge is 0.238 e. The zero-order valence-electron chi connectivity index (χ0n) is 18.8. The highest BCUT2D eigenvalue weighted by Crippen LogP contribution is 2.58. The number of anilines is 1. The van der Waals surface area contributed by atoms with Gasteiger partial charge in [-0.2, -0.15) is 0 Å². The normalized spacial score (nSPS) is 22.8. The zero-order chi connectivity index (χ0) is 25.0. The van der Waals surface area contributed by atoms with Crippen LogP contribution >= 0.6 is 34.5 Å². The Hall–Kier alpha value is -3.32. The van der Waals surface area contributed by atoms with Crippen LogP contribution < -0.4 is 10.6 Å². The topological polar surface area (TPSA) is 78.4 Å². The predicted molar refractivity (Wildman–Crippen MR) is 143 cm³/mol. The van der Waals surface area contributed by atoms with Crippen molar-refractivity contribution in [1.29, 1.82) is 0 Å². The van der Waals surface area contributed by atoms with Gasteiger partial charge in [-0.1, -0.05) is 47.5 Å². The average Bonchev–Trinajstić information content (AvgIpc) is 3.48. The number of halogens is 2. The number of phenolic OH excluding ortho intramolecular Hbond substituents is 1. The molecule has 2 aliphatic rings. The third kappa shape index (κ3) is 3.52. The Morgan fingerprint density at radius 3 is 2.56 bits per heavy atom. The van der Waals surface area contributed by atoms with E-state index in [9.17, 15) is 14.7 Å². The maximum atomic E-state index is 14.1. The van der Waals surface area contributed by atoms with Crippen molar-refractivity contribution >= 4 is 52.0 Å². The van der Waals surface area contributed by atoms with E-state index in [1.807, 2.05) is 47.8 Å². The Morgan fingerprint density at radius 2 is 1.78 bits per heavy atom. The molecule has 3 aromatic carbocycles. The Bertz CT molecular complexity index is 1520. The molecular weight excluding hydrogens is 515 g/mol. The Labute approximate surface area is 221 Å². The summed E-state index contributed by atoms with van der Waals surface area (Å²) in [5.41, 5.74) is 2.20. The minimum Gasteiger partial charge on any atom is -0.508 e. The molecule has 180 valence electrons. The highest BCUT2D eigenvalue weighted by Gasteiger charge is 2.61. The molecule has 1 saturated heterocycles. The van der Waals surface area contributed by atoms with Crippen LogP contribution in [0.4, 0.5) is 5.69 Å². The zero-order valence-corrected chi connectivity index (χ0v) is 21.1. The number of rotatable bonds is 3. The van der Waals surface area contributed by atoms with Gasteiger partial charge in [-0.25, -0.2) is 0 Å². The molecule has 1 fully saturated rings. The molecule has 0 aliphatic carbocycles. The second kappa shape index (κ2) is 8.66. The number of carbonyl (C=O) groups excluding carboxylic acids is 2. The fourth-order valence-electron chi connectivity index (χ4n) is 5.65. The van der Waals surface area contributed by atoms with Gasteiger partial charge in [-0.15, -0.1) is 11.3 Å². The molecule has 6 rings (SSSR count).